The number of rotatable bonds is 9. The third-order valence-electron chi connectivity index (χ3n) is 6.81. The highest BCUT2D eigenvalue weighted by Gasteiger charge is 2.42. The van der Waals surface area contributed by atoms with Crippen LogP contribution >= 0.6 is 0 Å². The van der Waals surface area contributed by atoms with Crippen LogP contribution in [0.1, 0.15) is 68.1 Å². The summed E-state index contributed by atoms with van der Waals surface area (Å²) in [7, 11) is 0. The summed E-state index contributed by atoms with van der Waals surface area (Å²) < 4.78 is 97.7. The standard InChI is InChI=1S/C29H28F6O2/c1-2-6-18-9-11-20(12-10-18)21-13-23(30)27(24(31)14-21)29(34,35)37-22-15-25(32)28(26(33)16-22)36-17-19-7-4-3-5-8-19/h3-5,7-8,13-16,18,20H,2,6,9-12,17H2,1H3. The lowest BCUT2D eigenvalue weighted by atomic mass is 9.77. The molecule has 1 aliphatic rings. The minimum atomic E-state index is -4.52. The van der Waals surface area contributed by atoms with E-state index in [0.717, 1.165) is 50.7 Å². The van der Waals surface area contributed by atoms with E-state index in [2.05, 4.69) is 11.7 Å². The molecule has 4 rings (SSSR count). The fraction of sp³-hybridized carbons (Fsp3) is 0.379. The number of alkyl halides is 2. The summed E-state index contributed by atoms with van der Waals surface area (Å²) in [6.45, 7) is 1.95. The number of benzene rings is 3. The molecule has 2 nitrogen and oxygen atoms in total. The zero-order valence-electron chi connectivity index (χ0n) is 20.4. The van der Waals surface area contributed by atoms with Crippen LogP contribution < -0.4 is 9.47 Å². The normalized spacial score (nSPS) is 18.0. The summed E-state index contributed by atoms with van der Waals surface area (Å²) in [6.07, 6.45) is 0.950. The van der Waals surface area contributed by atoms with Gasteiger partial charge in [-0.25, -0.2) is 17.6 Å². The van der Waals surface area contributed by atoms with Gasteiger partial charge in [0.25, 0.3) is 0 Å². The van der Waals surface area contributed by atoms with Gasteiger partial charge in [-0.3, -0.25) is 0 Å². The number of hydrogen-bond donors (Lipinski definition) is 0. The molecule has 0 bridgehead atoms. The molecule has 198 valence electrons. The highest BCUT2D eigenvalue weighted by atomic mass is 19.3. The van der Waals surface area contributed by atoms with E-state index >= 15 is 0 Å². The Kier molecular flexibility index (Phi) is 8.35. The number of ether oxygens (including phenoxy) is 2. The average Bonchev–Trinajstić information content (AvgIpc) is 2.84. The molecule has 1 saturated carbocycles. The Morgan fingerprint density at radius 2 is 1.41 bits per heavy atom. The maximum absolute atomic E-state index is 14.8. The third-order valence-corrected chi connectivity index (χ3v) is 6.81. The first-order chi connectivity index (χ1) is 17.7. The predicted octanol–water partition coefficient (Wildman–Crippen LogP) is 9.02. The second-order valence-corrected chi connectivity index (χ2v) is 9.48. The van der Waals surface area contributed by atoms with Crippen molar-refractivity contribution in [2.24, 2.45) is 5.92 Å². The van der Waals surface area contributed by atoms with Crippen LogP contribution in [0.25, 0.3) is 0 Å². The molecule has 3 aromatic carbocycles. The largest absolute Gasteiger partial charge is 0.483 e. The van der Waals surface area contributed by atoms with Crippen LogP contribution in [0.15, 0.2) is 54.6 Å². The number of halogens is 6. The summed E-state index contributed by atoms with van der Waals surface area (Å²) in [4.78, 5) is 0. The molecule has 0 unspecified atom stereocenters. The van der Waals surface area contributed by atoms with Gasteiger partial charge in [-0.05, 0) is 60.8 Å². The monoisotopic (exact) mass is 522 g/mol. The Hall–Kier alpha value is -3.16. The Balaban J connectivity index is 1.49. The second-order valence-electron chi connectivity index (χ2n) is 9.48. The fourth-order valence-corrected chi connectivity index (χ4v) is 4.96. The molecule has 37 heavy (non-hydrogen) atoms. The minimum absolute atomic E-state index is 0.118. The van der Waals surface area contributed by atoms with Gasteiger partial charge in [-0.1, -0.05) is 50.1 Å². The molecule has 3 aromatic rings. The van der Waals surface area contributed by atoms with Gasteiger partial charge in [0.15, 0.2) is 17.4 Å². The molecule has 8 heteroatoms. The highest BCUT2D eigenvalue weighted by Crippen LogP contribution is 2.41. The van der Waals surface area contributed by atoms with E-state index in [-0.39, 0.29) is 12.5 Å². The van der Waals surface area contributed by atoms with Crippen LogP contribution in [0.5, 0.6) is 11.5 Å². The highest BCUT2D eigenvalue weighted by molar-refractivity contribution is 5.37. The molecule has 0 N–H and O–H groups in total. The predicted molar refractivity (Wildman–Crippen MR) is 128 cm³/mol. The fourth-order valence-electron chi connectivity index (χ4n) is 4.96. The molecule has 0 saturated heterocycles. The van der Waals surface area contributed by atoms with Gasteiger partial charge in [0.05, 0.1) is 0 Å². The van der Waals surface area contributed by atoms with Crippen LogP contribution in [0.2, 0.25) is 0 Å². The van der Waals surface area contributed by atoms with Crippen molar-refractivity contribution in [2.45, 2.75) is 64.1 Å². The van der Waals surface area contributed by atoms with Gasteiger partial charge in [-0.2, -0.15) is 8.78 Å². The summed E-state index contributed by atoms with van der Waals surface area (Å²) in [5.41, 5.74) is -0.654. The minimum Gasteiger partial charge on any atom is -0.483 e. The first-order valence-electron chi connectivity index (χ1n) is 12.4. The number of hydrogen-bond acceptors (Lipinski definition) is 2. The first kappa shape index (κ1) is 26.9. The lowest BCUT2D eigenvalue weighted by Gasteiger charge is -2.29. The van der Waals surface area contributed by atoms with Gasteiger partial charge in [0, 0.05) is 12.1 Å². The summed E-state index contributed by atoms with van der Waals surface area (Å²) in [5, 5.41) is 0. The first-order valence-corrected chi connectivity index (χ1v) is 12.4. The van der Waals surface area contributed by atoms with E-state index in [0.29, 0.717) is 29.2 Å². The van der Waals surface area contributed by atoms with Crippen LogP contribution in [-0.2, 0) is 12.7 Å². The maximum Gasteiger partial charge on any atom is 0.432 e. The molecule has 1 fully saturated rings. The molecule has 0 atom stereocenters. The zero-order chi connectivity index (χ0) is 26.6. The molecule has 0 spiro atoms. The van der Waals surface area contributed by atoms with Crippen LogP contribution in [0, 0.1) is 29.2 Å². The summed E-state index contributed by atoms with van der Waals surface area (Å²) in [6, 6.07) is 11.3. The maximum atomic E-state index is 14.8. The van der Waals surface area contributed by atoms with Crippen LogP contribution in [-0.4, -0.2) is 0 Å². The zero-order valence-corrected chi connectivity index (χ0v) is 20.4. The summed E-state index contributed by atoms with van der Waals surface area (Å²) in [5.74, 6) is -6.80. The van der Waals surface area contributed by atoms with Crippen molar-refractivity contribution in [3.8, 4) is 11.5 Å². The quantitative estimate of drug-likeness (QED) is 0.261. The van der Waals surface area contributed by atoms with Crippen molar-refractivity contribution in [3.63, 3.8) is 0 Å². The Morgan fingerprint density at radius 3 is 1.97 bits per heavy atom. The Labute approximate surface area is 212 Å². The van der Waals surface area contributed by atoms with E-state index in [1.165, 1.54) is 0 Å². The van der Waals surface area contributed by atoms with Crippen LogP contribution in [0.4, 0.5) is 26.3 Å². The van der Waals surface area contributed by atoms with Crippen molar-refractivity contribution >= 4 is 0 Å². The smallest absolute Gasteiger partial charge is 0.432 e. The van der Waals surface area contributed by atoms with E-state index in [4.69, 9.17) is 4.74 Å². The molecule has 0 aromatic heterocycles. The van der Waals surface area contributed by atoms with Crippen molar-refractivity contribution in [1.29, 1.82) is 0 Å². The van der Waals surface area contributed by atoms with Crippen molar-refractivity contribution < 1.29 is 35.8 Å². The van der Waals surface area contributed by atoms with Gasteiger partial charge >= 0.3 is 6.11 Å². The molecule has 0 aliphatic heterocycles. The molecule has 0 amide bonds. The molecular weight excluding hydrogens is 494 g/mol. The van der Waals surface area contributed by atoms with Crippen LogP contribution in [0.3, 0.4) is 0 Å². The lowest BCUT2D eigenvalue weighted by molar-refractivity contribution is -0.189. The van der Waals surface area contributed by atoms with Crippen molar-refractivity contribution in [1.82, 2.24) is 0 Å². The van der Waals surface area contributed by atoms with E-state index in [1.807, 2.05) is 0 Å². The Morgan fingerprint density at radius 1 is 0.811 bits per heavy atom. The lowest BCUT2D eigenvalue weighted by Crippen LogP contribution is -2.26. The Bertz CT molecular complexity index is 1160. The van der Waals surface area contributed by atoms with Crippen molar-refractivity contribution in [3.05, 3.63) is 94.6 Å². The second kappa shape index (κ2) is 11.5. The summed E-state index contributed by atoms with van der Waals surface area (Å²) >= 11 is 0. The van der Waals surface area contributed by atoms with E-state index in [9.17, 15) is 26.3 Å². The average molecular weight is 523 g/mol. The van der Waals surface area contributed by atoms with Gasteiger partial charge in [0.1, 0.15) is 29.6 Å². The topological polar surface area (TPSA) is 18.5 Å². The van der Waals surface area contributed by atoms with Crippen molar-refractivity contribution in [2.75, 3.05) is 0 Å². The van der Waals surface area contributed by atoms with Gasteiger partial charge < -0.3 is 9.47 Å². The molecule has 1 aliphatic carbocycles. The molecule has 0 heterocycles. The van der Waals surface area contributed by atoms with Gasteiger partial charge in [0.2, 0.25) is 0 Å². The van der Waals surface area contributed by atoms with E-state index < -0.39 is 46.4 Å². The molecular formula is C29H28F6O2. The molecule has 0 radical (unpaired) electrons. The van der Waals surface area contributed by atoms with E-state index in [1.54, 1.807) is 30.3 Å². The third kappa shape index (κ3) is 6.40. The SMILES string of the molecule is CCCC1CCC(c2cc(F)c(C(F)(F)Oc3cc(F)c(OCc4ccccc4)c(F)c3)c(F)c2)CC1. The van der Waals surface area contributed by atoms with Gasteiger partial charge in [-0.15, -0.1) is 0 Å².